The fourth-order valence-corrected chi connectivity index (χ4v) is 2.30. The number of hydrogen-bond donors (Lipinski definition) is 4. The van der Waals surface area contributed by atoms with Crippen molar-refractivity contribution in [3.63, 3.8) is 0 Å². The van der Waals surface area contributed by atoms with Crippen LogP contribution in [-0.2, 0) is 0 Å². The summed E-state index contributed by atoms with van der Waals surface area (Å²) >= 11 is 0. The van der Waals surface area contributed by atoms with E-state index in [9.17, 15) is 0 Å². The van der Waals surface area contributed by atoms with E-state index in [0.717, 1.165) is 6.71 Å². The Balaban J connectivity index is -0.000000364. The predicted octanol–water partition coefficient (Wildman–Crippen LogP) is 1.46. The molecule has 7 nitrogen and oxygen atoms in total. The molecule has 3 atom stereocenters. The van der Waals surface area contributed by atoms with Crippen LogP contribution in [0.1, 0.15) is 62.3 Å². The lowest BCUT2D eigenvalue weighted by Gasteiger charge is -2.30. The third kappa shape index (κ3) is 15.7. The summed E-state index contributed by atoms with van der Waals surface area (Å²) in [6.07, 6.45) is 0. The van der Waals surface area contributed by atoms with Gasteiger partial charge in [0.25, 0.3) is 0 Å². The van der Waals surface area contributed by atoms with Crippen molar-refractivity contribution in [3.8, 4) is 0 Å². The maximum atomic E-state index is 8.75. The quantitative estimate of drug-likeness (QED) is 0.411. The van der Waals surface area contributed by atoms with Gasteiger partial charge in [0.05, 0.1) is 0 Å². The SMILES string of the molecule is CB(C)C(C)N(C)C(C)C.CC(C)N(C)C(C)B(O)O.CC(C)N(C)C(C)B(O)O. The molecule has 30 heavy (non-hydrogen) atoms. The zero-order valence-corrected chi connectivity index (χ0v) is 22.3. The van der Waals surface area contributed by atoms with E-state index in [1.165, 1.54) is 0 Å². The van der Waals surface area contributed by atoms with Crippen LogP contribution in [0.15, 0.2) is 0 Å². The van der Waals surface area contributed by atoms with E-state index in [0.29, 0.717) is 24.1 Å². The smallest absolute Gasteiger partial charge is 0.426 e. The minimum Gasteiger partial charge on any atom is -0.426 e. The second kappa shape index (κ2) is 17.5. The van der Waals surface area contributed by atoms with Gasteiger partial charge in [-0.1, -0.05) is 34.4 Å². The minimum absolute atomic E-state index is 0.194. The van der Waals surface area contributed by atoms with Crippen molar-refractivity contribution in [1.29, 1.82) is 0 Å². The second-order valence-corrected chi connectivity index (χ2v) is 9.57. The van der Waals surface area contributed by atoms with Crippen LogP contribution in [0.3, 0.4) is 0 Å². The molecule has 0 amide bonds. The third-order valence-corrected chi connectivity index (χ3v) is 6.20. The Kier molecular flexibility index (Phi) is 20.1. The van der Waals surface area contributed by atoms with Crippen LogP contribution < -0.4 is 0 Å². The van der Waals surface area contributed by atoms with Crippen LogP contribution in [0.2, 0.25) is 13.6 Å². The molecule has 0 aliphatic heterocycles. The van der Waals surface area contributed by atoms with Crippen LogP contribution in [0.4, 0.5) is 0 Å². The molecular formula is C20H52B3N3O4. The molecule has 0 aliphatic rings. The van der Waals surface area contributed by atoms with E-state index in [2.05, 4.69) is 46.4 Å². The standard InChI is InChI=1S/C8H20BN.2C6H16BNO2/c1-7(2)10(6)8(3)9(4)5;2*1-5(2)8(4)6(3)7(9)10/h7-8H,1-6H3;2*5-6,9-10H,1-4H3. The first kappa shape index (κ1) is 34.5. The summed E-state index contributed by atoms with van der Waals surface area (Å²) in [6, 6.07) is 1.35. The molecule has 0 radical (unpaired) electrons. The Hall–Kier alpha value is -0.0852. The van der Waals surface area contributed by atoms with Crippen molar-refractivity contribution in [2.75, 3.05) is 21.1 Å². The minimum atomic E-state index is -1.24. The summed E-state index contributed by atoms with van der Waals surface area (Å²) in [6.45, 7) is 23.7. The average molecular weight is 431 g/mol. The molecule has 0 bridgehead atoms. The molecule has 0 saturated heterocycles. The lowest BCUT2D eigenvalue weighted by atomic mass is 9.48. The second-order valence-electron chi connectivity index (χ2n) is 9.57. The Morgan fingerprint density at radius 2 is 0.667 bits per heavy atom. The molecule has 0 aromatic carbocycles. The zero-order valence-electron chi connectivity index (χ0n) is 22.3. The van der Waals surface area contributed by atoms with Crippen LogP contribution in [-0.4, -0.2) is 113 Å². The topological polar surface area (TPSA) is 90.6 Å². The average Bonchev–Trinajstić information content (AvgIpc) is 2.64. The first-order valence-corrected chi connectivity index (χ1v) is 11.3. The van der Waals surface area contributed by atoms with Crippen LogP contribution in [0, 0.1) is 0 Å². The summed E-state index contributed by atoms with van der Waals surface area (Å²) in [5.41, 5.74) is 0. The van der Waals surface area contributed by atoms with Gasteiger partial charge < -0.3 is 34.8 Å². The van der Waals surface area contributed by atoms with Crippen LogP contribution in [0.25, 0.3) is 0 Å². The maximum absolute atomic E-state index is 8.75. The van der Waals surface area contributed by atoms with Gasteiger partial charge in [0.15, 0.2) is 6.71 Å². The van der Waals surface area contributed by atoms with Gasteiger partial charge >= 0.3 is 14.2 Å². The first-order chi connectivity index (χ1) is 13.4. The summed E-state index contributed by atoms with van der Waals surface area (Å²) in [7, 11) is 3.44. The van der Waals surface area contributed by atoms with Crippen molar-refractivity contribution in [2.45, 2.75) is 112 Å². The van der Waals surface area contributed by atoms with E-state index in [1.54, 1.807) is 13.8 Å². The largest absolute Gasteiger partial charge is 0.469 e. The summed E-state index contributed by atoms with van der Waals surface area (Å²) < 4.78 is 0. The lowest BCUT2D eigenvalue weighted by Crippen LogP contribution is -2.45. The fourth-order valence-electron chi connectivity index (χ4n) is 2.30. The van der Waals surface area contributed by atoms with Gasteiger partial charge in [-0.2, -0.15) is 0 Å². The highest BCUT2D eigenvalue weighted by molar-refractivity contribution is 6.57. The normalized spacial score (nSPS) is 14.4. The number of rotatable bonds is 9. The molecule has 10 heteroatoms. The van der Waals surface area contributed by atoms with Gasteiger partial charge in [-0.3, -0.25) is 0 Å². The van der Waals surface area contributed by atoms with E-state index in [4.69, 9.17) is 20.1 Å². The van der Waals surface area contributed by atoms with Crippen molar-refractivity contribution < 1.29 is 20.1 Å². The van der Waals surface area contributed by atoms with Gasteiger partial charge in [-0.25, -0.2) is 0 Å². The highest BCUT2D eigenvalue weighted by atomic mass is 16.4. The number of hydrogen-bond acceptors (Lipinski definition) is 7. The zero-order chi connectivity index (χ0) is 24.9. The van der Waals surface area contributed by atoms with Crippen molar-refractivity contribution in [1.82, 2.24) is 14.7 Å². The molecule has 3 unspecified atom stereocenters. The Bertz CT molecular complexity index is 310. The molecule has 0 saturated carbocycles. The summed E-state index contributed by atoms with van der Waals surface area (Å²) in [5.74, 6) is 0.306. The Morgan fingerprint density at radius 3 is 0.733 bits per heavy atom. The third-order valence-electron chi connectivity index (χ3n) is 6.20. The molecule has 0 aromatic heterocycles. The molecule has 0 heterocycles. The fraction of sp³-hybridized carbons (Fsp3) is 1.00. The highest BCUT2D eigenvalue weighted by Gasteiger charge is 2.24. The van der Waals surface area contributed by atoms with Gasteiger partial charge in [0.2, 0.25) is 0 Å². The predicted molar refractivity (Wildman–Crippen MR) is 135 cm³/mol. The van der Waals surface area contributed by atoms with E-state index in [-0.39, 0.29) is 11.9 Å². The monoisotopic (exact) mass is 431 g/mol. The van der Waals surface area contributed by atoms with Crippen molar-refractivity contribution in [3.05, 3.63) is 0 Å². The van der Waals surface area contributed by atoms with Gasteiger partial charge in [-0.15, -0.1) is 0 Å². The lowest BCUT2D eigenvalue weighted by molar-refractivity contribution is 0.220. The Labute approximate surface area is 189 Å². The molecule has 180 valence electrons. The van der Waals surface area contributed by atoms with E-state index >= 15 is 0 Å². The molecule has 0 fully saturated rings. The summed E-state index contributed by atoms with van der Waals surface area (Å²) in [4.78, 5) is 6.22. The van der Waals surface area contributed by atoms with Gasteiger partial charge in [0, 0.05) is 30.0 Å². The molecular weight excluding hydrogens is 379 g/mol. The Morgan fingerprint density at radius 1 is 0.467 bits per heavy atom. The van der Waals surface area contributed by atoms with Crippen LogP contribution in [0.5, 0.6) is 0 Å². The van der Waals surface area contributed by atoms with E-state index in [1.807, 2.05) is 51.6 Å². The van der Waals surface area contributed by atoms with Gasteiger partial charge in [0.1, 0.15) is 0 Å². The van der Waals surface area contributed by atoms with Crippen LogP contribution >= 0.6 is 0 Å². The van der Waals surface area contributed by atoms with Gasteiger partial charge in [-0.05, 0) is 68.6 Å². The number of nitrogens with zero attached hydrogens (tertiary/aromatic N) is 3. The molecule has 4 N–H and O–H groups in total. The molecule has 0 aromatic rings. The first-order valence-electron chi connectivity index (χ1n) is 11.3. The van der Waals surface area contributed by atoms with E-state index < -0.39 is 14.2 Å². The summed E-state index contributed by atoms with van der Waals surface area (Å²) in [5, 5.41) is 35.0. The maximum Gasteiger partial charge on any atom is 0.469 e. The molecule has 0 aliphatic carbocycles. The molecule has 0 spiro atoms. The van der Waals surface area contributed by atoms with Crippen molar-refractivity contribution >= 4 is 20.9 Å². The molecule has 0 rings (SSSR count). The van der Waals surface area contributed by atoms with Crippen molar-refractivity contribution in [2.24, 2.45) is 0 Å². The highest BCUT2D eigenvalue weighted by Crippen LogP contribution is 2.04.